The molecule has 1 unspecified atom stereocenters. The molecule has 0 N–H and O–H groups in total. The van der Waals surface area contributed by atoms with Gasteiger partial charge in [-0.25, -0.2) is 22.0 Å². The molecule has 62 valence electrons. The molecule has 0 spiro atoms. The minimum Gasteiger partial charge on any atom is -0.241 e. The first-order valence-electron chi connectivity index (χ1n) is 2.64. The van der Waals surface area contributed by atoms with E-state index in [-0.39, 0.29) is 6.92 Å². The van der Waals surface area contributed by atoms with Crippen LogP contribution in [0.2, 0.25) is 0 Å². The molecular formula is C5H7F5. The van der Waals surface area contributed by atoms with Gasteiger partial charge in [-0.3, -0.25) is 0 Å². The van der Waals surface area contributed by atoms with Crippen LogP contribution in [0.1, 0.15) is 13.3 Å². The van der Waals surface area contributed by atoms with Crippen molar-refractivity contribution >= 4 is 0 Å². The molecule has 0 heterocycles. The van der Waals surface area contributed by atoms with E-state index in [9.17, 15) is 22.0 Å². The molecular weight excluding hydrogens is 155 g/mol. The van der Waals surface area contributed by atoms with Crippen molar-refractivity contribution in [2.45, 2.75) is 31.9 Å². The lowest BCUT2D eigenvalue weighted by Gasteiger charge is -2.14. The van der Waals surface area contributed by atoms with Crippen LogP contribution in [-0.2, 0) is 0 Å². The molecule has 10 heavy (non-hydrogen) atoms. The van der Waals surface area contributed by atoms with Crippen LogP contribution in [0.4, 0.5) is 22.0 Å². The molecule has 0 saturated carbocycles. The Morgan fingerprint density at radius 1 is 1.20 bits per heavy atom. The Hall–Kier alpha value is -0.350. The summed E-state index contributed by atoms with van der Waals surface area (Å²) in [6.07, 6.45) is -7.16. The molecule has 0 aliphatic rings. The van der Waals surface area contributed by atoms with Crippen molar-refractivity contribution < 1.29 is 22.0 Å². The first kappa shape index (κ1) is 9.65. The summed E-state index contributed by atoms with van der Waals surface area (Å²) in [5, 5.41) is 0. The van der Waals surface area contributed by atoms with Crippen LogP contribution in [0.3, 0.4) is 0 Å². The normalized spacial score (nSPS) is 15.9. The third-order valence-corrected chi connectivity index (χ3v) is 0.935. The summed E-state index contributed by atoms with van der Waals surface area (Å²) in [5.74, 6) is -3.66. The fourth-order valence-electron chi connectivity index (χ4n) is 0.363. The molecule has 1 atom stereocenters. The molecule has 0 fully saturated rings. The van der Waals surface area contributed by atoms with Gasteiger partial charge in [-0.05, 0) is 0 Å². The molecule has 0 aromatic rings. The summed E-state index contributed by atoms with van der Waals surface area (Å²) in [4.78, 5) is 0. The highest BCUT2D eigenvalue weighted by Gasteiger charge is 2.36. The van der Waals surface area contributed by atoms with Crippen molar-refractivity contribution in [3.8, 4) is 0 Å². The minimum absolute atomic E-state index is 0.278. The Balaban J connectivity index is 3.73. The highest BCUT2D eigenvalue weighted by atomic mass is 19.3. The third-order valence-electron chi connectivity index (χ3n) is 0.935. The molecule has 5 heteroatoms. The van der Waals surface area contributed by atoms with Crippen molar-refractivity contribution in [3.63, 3.8) is 0 Å². The number of hydrogen-bond acceptors (Lipinski definition) is 0. The van der Waals surface area contributed by atoms with E-state index in [4.69, 9.17) is 0 Å². The summed E-state index contributed by atoms with van der Waals surface area (Å²) in [5.41, 5.74) is 0. The standard InChI is InChI=1S/C5H7F5/c1-5(9,10)3(6)2-4(7)8/h3-4H,2H2,1H3. The molecule has 0 bridgehead atoms. The summed E-state index contributed by atoms with van der Waals surface area (Å²) >= 11 is 0. The van der Waals surface area contributed by atoms with E-state index in [0.717, 1.165) is 0 Å². The first-order chi connectivity index (χ1) is 4.34. The van der Waals surface area contributed by atoms with Gasteiger partial charge in [0.2, 0.25) is 6.43 Å². The second kappa shape index (κ2) is 3.16. The highest BCUT2D eigenvalue weighted by molar-refractivity contribution is 4.71. The largest absolute Gasteiger partial charge is 0.276 e. The van der Waals surface area contributed by atoms with Gasteiger partial charge in [0.25, 0.3) is 5.92 Å². The van der Waals surface area contributed by atoms with Crippen LogP contribution >= 0.6 is 0 Å². The average molecular weight is 162 g/mol. The van der Waals surface area contributed by atoms with Gasteiger partial charge in [0, 0.05) is 13.3 Å². The van der Waals surface area contributed by atoms with Gasteiger partial charge < -0.3 is 0 Å². The van der Waals surface area contributed by atoms with Gasteiger partial charge in [-0.2, -0.15) is 0 Å². The molecule has 0 nitrogen and oxygen atoms in total. The van der Waals surface area contributed by atoms with Crippen LogP contribution in [0.15, 0.2) is 0 Å². The van der Waals surface area contributed by atoms with E-state index < -0.39 is 24.9 Å². The maximum atomic E-state index is 11.9. The Morgan fingerprint density at radius 2 is 1.60 bits per heavy atom. The van der Waals surface area contributed by atoms with Crippen molar-refractivity contribution in [2.24, 2.45) is 0 Å². The molecule has 0 aliphatic carbocycles. The lowest BCUT2D eigenvalue weighted by Crippen LogP contribution is -2.27. The number of hydrogen-bond donors (Lipinski definition) is 0. The predicted molar refractivity (Wildman–Crippen MR) is 26.1 cm³/mol. The second-order valence-electron chi connectivity index (χ2n) is 2.05. The molecule has 0 rings (SSSR count). The zero-order valence-electron chi connectivity index (χ0n) is 5.25. The van der Waals surface area contributed by atoms with Crippen LogP contribution in [0.5, 0.6) is 0 Å². The lowest BCUT2D eigenvalue weighted by atomic mass is 10.2. The maximum Gasteiger partial charge on any atom is 0.276 e. The quantitative estimate of drug-likeness (QED) is 0.559. The van der Waals surface area contributed by atoms with Crippen LogP contribution in [0.25, 0.3) is 0 Å². The van der Waals surface area contributed by atoms with Gasteiger partial charge in [-0.1, -0.05) is 0 Å². The van der Waals surface area contributed by atoms with Gasteiger partial charge in [0.05, 0.1) is 0 Å². The summed E-state index contributed by atoms with van der Waals surface area (Å²) in [7, 11) is 0. The van der Waals surface area contributed by atoms with Gasteiger partial charge in [0.1, 0.15) is 0 Å². The maximum absolute atomic E-state index is 11.9. The van der Waals surface area contributed by atoms with E-state index in [1.54, 1.807) is 0 Å². The summed E-state index contributed by atoms with van der Waals surface area (Å²) in [6.45, 7) is 0.278. The predicted octanol–water partition coefficient (Wildman–Crippen LogP) is 2.63. The Kier molecular flexibility index (Phi) is 3.05. The average Bonchev–Trinajstić information content (AvgIpc) is 1.60. The highest BCUT2D eigenvalue weighted by Crippen LogP contribution is 2.24. The smallest absolute Gasteiger partial charge is 0.241 e. The van der Waals surface area contributed by atoms with Crippen molar-refractivity contribution in [1.29, 1.82) is 0 Å². The van der Waals surface area contributed by atoms with E-state index >= 15 is 0 Å². The van der Waals surface area contributed by atoms with Crippen LogP contribution in [0, 0.1) is 0 Å². The number of rotatable bonds is 3. The first-order valence-corrected chi connectivity index (χ1v) is 2.64. The summed E-state index contributed by atoms with van der Waals surface area (Å²) in [6, 6.07) is 0. The molecule has 0 radical (unpaired) electrons. The Morgan fingerprint density at radius 3 is 1.70 bits per heavy atom. The Bertz CT molecular complexity index is 94.7. The number of halogens is 5. The van der Waals surface area contributed by atoms with Gasteiger partial charge in [0.15, 0.2) is 6.17 Å². The monoisotopic (exact) mass is 162 g/mol. The second-order valence-corrected chi connectivity index (χ2v) is 2.05. The Labute approximate surface area is 55.0 Å². The third kappa shape index (κ3) is 3.63. The van der Waals surface area contributed by atoms with E-state index in [1.807, 2.05) is 0 Å². The zero-order valence-corrected chi connectivity index (χ0v) is 5.25. The zero-order chi connectivity index (χ0) is 8.36. The molecule has 0 aromatic carbocycles. The SMILES string of the molecule is CC(F)(F)C(F)CC(F)F. The topological polar surface area (TPSA) is 0 Å². The molecule has 0 aliphatic heterocycles. The van der Waals surface area contributed by atoms with E-state index in [0.29, 0.717) is 0 Å². The van der Waals surface area contributed by atoms with Gasteiger partial charge in [-0.15, -0.1) is 0 Å². The van der Waals surface area contributed by atoms with Gasteiger partial charge >= 0.3 is 0 Å². The molecule has 0 saturated heterocycles. The molecule has 0 aromatic heterocycles. The van der Waals surface area contributed by atoms with Crippen LogP contribution < -0.4 is 0 Å². The minimum atomic E-state index is -3.66. The fraction of sp³-hybridized carbons (Fsp3) is 1.00. The summed E-state index contributed by atoms with van der Waals surface area (Å²) < 4.78 is 58.0. The fourth-order valence-corrected chi connectivity index (χ4v) is 0.363. The van der Waals surface area contributed by atoms with Crippen molar-refractivity contribution in [3.05, 3.63) is 0 Å². The molecule has 0 amide bonds. The van der Waals surface area contributed by atoms with Crippen molar-refractivity contribution in [1.82, 2.24) is 0 Å². The lowest BCUT2D eigenvalue weighted by molar-refractivity contribution is -0.0751. The van der Waals surface area contributed by atoms with Crippen LogP contribution in [-0.4, -0.2) is 18.5 Å². The van der Waals surface area contributed by atoms with E-state index in [1.165, 1.54) is 0 Å². The van der Waals surface area contributed by atoms with Crippen molar-refractivity contribution in [2.75, 3.05) is 0 Å². The van der Waals surface area contributed by atoms with E-state index in [2.05, 4.69) is 0 Å². The number of alkyl halides is 5.